The molecule has 0 amide bonds. The molecule has 0 N–H and O–H groups in total. The van der Waals surface area contributed by atoms with E-state index >= 15 is 0 Å². The van der Waals surface area contributed by atoms with Crippen molar-refractivity contribution in [1.29, 1.82) is 0 Å². The quantitative estimate of drug-likeness (QED) is 0.467. The lowest BCUT2D eigenvalue weighted by Gasteiger charge is -2.02. The maximum Gasteiger partial charge on any atom is 0.342 e. The molecule has 0 saturated heterocycles. The number of rotatable bonds is 3. The van der Waals surface area contributed by atoms with Crippen LogP contribution >= 0.6 is 0 Å². The Morgan fingerprint density at radius 2 is 1.94 bits per heavy atom. The lowest BCUT2D eigenvalue weighted by atomic mass is 10.2. The van der Waals surface area contributed by atoms with Gasteiger partial charge in [0.15, 0.2) is 5.78 Å². The molecule has 1 aromatic carbocycles. The summed E-state index contributed by atoms with van der Waals surface area (Å²) in [7, 11) is 1.56. The number of esters is 1. The Labute approximate surface area is 105 Å². The van der Waals surface area contributed by atoms with Crippen LogP contribution in [0, 0.1) is 0 Å². The van der Waals surface area contributed by atoms with Gasteiger partial charge in [-0.1, -0.05) is 0 Å². The maximum absolute atomic E-state index is 11.7. The van der Waals surface area contributed by atoms with Crippen LogP contribution in [0.2, 0.25) is 0 Å². The van der Waals surface area contributed by atoms with E-state index in [0.717, 1.165) is 6.42 Å². The second-order valence-electron chi connectivity index (χ2n) is 4.05. The van der Waals surface area contributed by atoms with Gasteiger partial charge in [0.05, 0.1) is 12.7 Å². The van der Waals surface area contributed by atoms with Gasteiger partial charge in [0.2, 0.25) is 0 Å². The van der Waals surface area contributed by atoms with Gasteiger partial charge < -0.3 is 9.47 Å². The Balaban J connectivity index is 2.01. The van der Waals surface area contributed by atoms with E-state index in [1.165, 1.54) is 6.26 Å². The molecule has 4 nitrogen and oxygen atoms in total. The molecule has 0 aromatic heterocycles. The molecule has 1 saturated carbocycles. The van der Waals surface area contributed by atoms with Crippen molar-refractivity contribution in [3.05, 3.63) is 41.7 Å². The van der Waals surface area contributed by atoms with Gasteiger partial charge in [-0.05, 0) is 37.1 Å². The third-order valence-corrected chi connectivity index (χ3v) is 2.84. The molecule has 0 bridgehead atoms. The number of allylic oxidation sites excluding steroid dienone is 1. The second kappa shape index (κ2) is 5.49. The number of Topliss-reactive ketones (excluding diaryl/α,β-unsaturated/α-hetero) is 1. The smallest absolute Gasteiger partial charge is 0.342 e. The van der Waals surface area contributed by atoms with Gasteiger partial charge >= 0.3 is 5.97 Å². The van der Waals surface area contributed by atoms with Crippen LogP contribution in [-0.2, 0) is 9.53 Å². The standard InChI is InChI=1S/C14H14O4/c1-17-12-7-5-10(6-8-12)14(16)18-9-11-3-2-4-13(11)15/h5-9H,2-4H2,1H3/b11-9+. The van der Waals surface area contributed by atoms with Gasteiger partial charge in [-0.25, -0.2) is 4.79 Å². The van der Waals surface area contributed by atoms with Crippen LogP contribution in [0.5, 0.6) is 5.75 Å². The molecular formula is C14H14O4. The van der Waals surface area contributed by atoms with Crippen LogP contribution in [0.1, 0.15) is 29.6 Å². The first-order chi connectivity index (χ1) is 8.70. The number of carbonyl (C=O) groups is 2. The number of benzene rings is 1. The molecule has 1 aliphatic carbocycles. The van der Waals surface area contributed by atoms with E-state index in [4.69, 9.17) is 9.47 Å². The molecule has 1 aromatic rings. The van der Waals surface area contributed by atoms with E-state index in [2.05, 4.69) is 0 Å². The van der Waals surface area contributed by atoms with E-state index in [-0.39, 0.29) is 5.78 Å². The van der Waals surface area contributed by atoms with Gasteiger partial charge in [0.25, 0.3) is 0 Å². The Bertz CT molecular complexity index is 485. The van der Waals surface area contributed by atoms with Crippen molar-refractivity contribution in [1.82, 2.24) is 0 Å². The summed E-state index contributed by atoms with van der Waals surface area (Å²) in [4.78, 5) is 23.0. The minimum absolute atomic E-state index is 0.0672. The number of hydrogen-bond donors (Lipinski definition) is 0. The summed E-state index contributed by atoms with van der Waals surface area (Å²) in [5.74, 6) is 0.276. The van der Waals surface area contributed by atoms with E-state index < -0.39 is 5.97 Å². The summed E-state index contributed by atoms with van der Waals surface area (Å²) in [6, 6.07) is 6.61. The van der Waals surface area contributed by atoms with Crippen molar-refractivity contribution in [3.8, 4) is 5.75 Å². The molecule has 0 spiro atoms. The van der Waals surface area contributed by atoms with E-state index in [1.54, 1.807) is 31.4 Å². The van der Waals surface area contributed by atoms with Crippen LogP contribution in [-0.4, -0.2) is 18.9 Å². The Hall–Kier alpha value is -2.10. The van der Waals surface area contributed by atoms with Crippen LogP contribution in [0.25, 0.3) is 0 Å². The average molecular weight is 246 g/mol. The SMILES string of the molecule is COc1ccc(C(=O)O/C=C2\CCCC2=O)cc1. The first kappa shape index (κ1) is 12.4. The molecule has 1 aliphatic rings. The first-order valence-electron chi connectivity index (χ1n) is 5.78. The predicted octanol–water partition coefficient (Wildman–Crippen LogP) is 2.49. The van der Waals surface area contributed by atoms with Crippen molar-refractivity contribution in [2.24, 2.45) is 0 Å². The Morgan fingerprint density at radius 3 is 2.50 bits per heavy atom. The Kier molecular flexibility index (Phi) is 3.77. The Morgan fingerprint density at radius 1 is 1.22 bits per heavy atom. The van der Waals surface area contributed by atoms with Crippen LogP contribution in [0.15, 0.2) is 36.1 Å². The fraction of sp³-hybridized carbons (Fsp3) is 0.286. The number of hydrogen-bond acceptors (Lipinski definition) is 4. The molecule has 0 atom stereocenters. The van der Waals surface area contributed by atoms with Crippen LogP contribution < -0.4 is 4.74 Å². The van der Waals surface area contributed by atoms with Gasteiger partial charge in [-0.3, -0.25) is 4.79 Å². The normalized spacial score (nSPS) is 16.9. The van der Waals surface area contributed by atoms with Crippen molar-refractivity contribution in [2.45, 2.75) is 19.3 Å². The van der Waals surface area contributed by atoms with E-state index in [0.29, 0.717) is 29.7 Å². The van der Waals surface area contributed by atoms with Gasteiger partial charge in [-0.15, -0.1) is 0 Å². The van der Waals surface area contributed by atoms with Crippen molar-refractivity contribution < 1.29 is 19.1 Å². The summed E-state index contributed by atoms with van der Waals surface area (Å²) in [6.07, 6.45) is 3.35. The highest BCUT2D eigenvalue weighted by atomic mass is 16.5. The molecule has 0 aliphatic heterocycles. The maximum atomic E-state index is 11.7. The molecule has 0 radical (unpaired) electrons. The number of carbonyl (C=O) groups excluding carboxylic acids is 2. The monoisotopic (exact) mass is 246 g/mol. The summed E-state index contributed by atoms with van der Waals surface area (Å²) < 4.78 is 9.99. The van der Waals surface area contributed by atoms with Crippen molar-refractivity contribution >= 4 is 11.8 Å². The van der Waals surface area contributed by atoms with Crippen molar-refractivity contribution in [2.75, 3.05) is 7.11 Å². The minimum Gasteiger partial charge on any atom is -0.497 e. The molecule has 0 heterocycles. The number of ether oxygens (including phenoxy) is 2. The zero-order chi connectivity index (χ0) is 13.0. The third kappa shape index (κ3) is 2.77. The molecular weight excluding hydrogens is 232 g/mol. The second-order valence-corrected chi connectivity index (χ2v) is 4.05. The first-order valence-corrected chi connectivity index (χ1v) is 5.78. The van der Waals surface area contributed by atoms with Gasteiger partial charge in [-0.2, -0.15) is 0 Å². The lowest BCUT2D eigenvalue weighted by Crippen LogP contribution is -2.02. The average Bonchev–Trinajstić information content (AvgIpc) is 2.81. The highest BCUT2D eigenvalue weighted by Crippen LogP contribution is 2.20. The van der Waals surface area contributed by atoms with Crippen molar-refractivity contribution in [3.63, 3.8) is 0 Å². The zero-order valence-electron chi connectivity index (χ0n) is 10.1. The fourth-order valence-electron chi connectivity index (χ4n) is 1.78. The number of ketones is 1. The van der Waals surface area contributed by atoms with Gasteiger partial charge in [0, 0.05) is 12.0 Å². The molecule has 18 heavy (non-hydrogen) atoms. The molecule has 4 heteroatoms. The van der Waals surface area contributed by atoms with E-state index in [9.17, 15) is 9.59 Å². The molecule has 1 fully saturated rings. The minimum atomic E-state index is -0.468. The summed E-state index contributed by atoms with van der Waals surface area (Å²) in [5, 5.41) is 0. The van der Waals surface area contributed by atoms with Crippen LogP contribution in [0.4, 0.5) is 0 Å². The lowest BCUT2D eigenvalue weighted by molar-refractivity contribution is -0.114. The highest BCUT2D eigenvalue weighted by molar-refractivity contribution is 5.97. The largest absolute Gasteiger partial charge is 0.497 e. The summed E-state index contributed by atoms with van der Waals surface area (Å²) >= 11 is 0. The molecule has 0 unspecified atom stereocenters. The molecule has 2 rings (SSSR count). The highest BCUT2D eigenvalue weighted by Gasteiger charge is 2.18. The third-order valence-electron chi connectivity index (χ3n) is 2.84. The number of methoxy groups -OCH3 is 1. The summed E-state index contributed by atoms with van der Waals surface area (Å²) in [6.45, 7) is 0. The van der Waals surface area contributed by atoms with E-state index in [1.807, 2.05) is 0 Å². The van der Waals surface area contributed by atoms with Gasteiger partial charge in [0.1, 0.15) is 12.0 Å². The summed E-state index contributed by atoms with van der Waals surface area (Å²) in [5.41, 5.74) is 1.02. The topological polar surface area (TPSA) is 52.6 Å². The van der Waals surface area contributed by atoms with Crippen LogP contribution in [0.3, 0.4) is 0 Å². The predicted molar refractivity (Wildman–Crippen MR) is 65.4 cm³/mol. The molecule has 94 valence electrons. The zero-order valence-corrected chi connectivity index (χ0v) is 10.1. The fourth-order valence-corrected chi connectivity index (χ4v) is 1.78.